The summed E-state index contributed by atoms with van der Waals surface area (Å²) in [5, 5.41) is 11.6. The zero-order valence-electron chi connectivity index (χ0n) is 12.2. The molecule has 0 saturated heterocycles. The summed E-state index contributed by atoms with van der Waals surface area (Å²) >= 11 is 3.38. The highest BCUT2D eigenvalue weighted by Gasteiger charge is 2.13. The maximum atomic E-state index is 4.10. The lowest BCUT2D eigenvalue weighted by molar-refractivity contribution is 0.577. The number of hydrogen-bond donors (Lipinski definition) is 1. The van der Waals surface area contributed by atoms with Crippen molar-refractivity contribution in [3.63, 3.8) is 0 Å². The van der Waals surface area contributed by atoms with E-state index >= 15 is 0 Å². The molecule has 0 saturated carbocycles. The Morgan fingerprint density at radius 2 is 2.15 bits per heavy atom. The van der Waals surface area contributed by atoms with Crippen LogP contribution in [0.15, 0.2) is 28.0 Å². The fraction of sp³-hybridized carbons (Fsp3) is 0.467. The molecule has 0 aliphatic carbocycles. The molecule has 0 aliphatic heterocycles. The first-order valence-corrected chi connectivity index (χ1v) is 8.76. The molecule has 3 nitrogen and oxygen atoms in total. The van der Waals surface area contributed by atoms with Crippen molar-refractivity contribution >= 4 is 23.1 Å². The van der Waals surface area contributed by atoms with Crippen LogP contribution in [0.25, 0.3) is 0 Å². The molecule has 1 atom stereocenters. The van der Waals surface area contributed by atoms with Crippen molar-refractivity contribution in [2.75, 3.05) is 12.3 Å². The Morgan fingerprint density at radius 3 is 2.80 bits per heavy atom. The molecule has 1 aromatic heterocycles. The second-order valence-corrected chi connectivity index (χ2v) is 6.97. The van der Waals surface area contributed by atoms with Gasteiger partial charge in [0.05, 0.1) is 0 Å². The Kier molecular flexibility index (Phi) is 6.01. The standard InChI is InChI=1S/C15H21N3S2/c1-4-7-16-14(9-19-15-18-17-10-20-15)13-6-5-11(2)12(3)8-13/h5-6,8,10,14,16H,4,7,9H2,1-3H3. The highest BCUT2D eigenvalue weighted by Crippen LogP contribution is 2.26. The van der Waals surface area contributed by atoms with Crippen LogP contribution in [-0.4, -0.2) is 22.5 Å². The van der Waals surface area contributed by atoms with E-state index in [9.17, 15) is 0 Å². The van der Waals surface area contributed by atoms with E-state index in [1.165, 1.54) is 16.7 Å². The normalized spacial score (nSPS) is 12.6. The summed E-state index contributed by atoms with van der Waals surface area (Å²) in [6.07, 6.45) is 1.14. The molecule has 1 unspecified atom stereocenters. The average molecular weight is 307 g/mol. The van der Waals surface area contributed by atoms with Gasteiger partial charge in [0.2, 0.25) is 0 Å². The zero-order chi connectivity index (χ0) is 14.4. The summed E-state index contributed by atoms with van der Waals surface area (Å²) in [6.45, 7) is 7.56. The molecule has 0 radical (unpaired) electrons. The van der Waals surface area contributed by atoms with E-state index in [2.05, 4.69) is 54.5 Å². The summed E-state index contributed by atoms with van der Waals surface area (Å²) in [4.78, 5) is 0. The smallest absolute Gasteiger partial charge is 0.174 e. The predicted octanol–water partition coefficient (Wildman–Crippen LogP) is 3.99. The second-order valence-electron chi connectivity index (χ2n) is 4.87. The zero-order valence-corrected chi connectivity index (χ0v) is 13.9. The third-order valence-electron chi connectivity index (χ3n) is 3.29. The Labute approximate surface area is 129 Å². The molecular formula is C15H21N3S2. The Balaban J connectivity index is 2.07. The van der Waals surface area contributed by atoms with E-state index in [0.717, 1.165) is 23.1 Å². The van der Waals surface area contributed by atoms with Gasteiger partial charge in [0, 0.05) is 11.8 Å². The third-order valence-corrected chi connectivity index (χ3v) is 5.24. The fourth-order valence-electron chi connectivity index (χ4n) is 1.95. The van der Waals surface area contributed by atoms with E-state index < -0.39 is 0 Å². The quantitative estimate of drug-likeness (QED) is 0.785. The molecule has 1 aromatic carbocycles. The van der Waals surface area contributed by atoms with E-state index in [1.54, 1.807) is 28.6 Å². The minimum absolute atomic E-state index is 0.364. The Bertz CT molecular complexity index is 526. The first-order valence-electron chi connectivity index (χ1n) is 6.90. The van der Waals surface area contributed by atoms with Gasteiger partial charge in [-0.15, -0.1) is 10.2 Å². The number of aromatic nitrogens is 2. The molecule has 108 valence electrons. The monoisotopic (exact) mass is 307 g/mol. The average Bonchev–Trinajstić information content (AvgIpc) is 2.95. The van der Waals surface area contributed by atoms with Crippen molar-refractivity contribution in [2.45, 2.75) is 37.6 Å². The number of nitrogens with one attached hydrogen (secondary N) is 1. The second kappa shape index (κ2) is 7.76. The lowest BCUT2D eigenvalue weighted by Gasteiger charge is -2.19. The van der Waals surface area contributed by atoms with Gasteiger partial charge >= 0.3 is 0 Å². The van der Waals surface area contributed by atoms with E-state index in [4.69, 9.17) is 0 Å². The Hall–Kier alpha value is -0.910. The van der Waals surface area contributed by atoms with Crippen LogP contribution >= 0.6 is 23.1 Å². The number of aryl methyl sites for hydroxylation is 2. The van der Waals surface area contributed by atoms with Crippen LogP contribution in [0, 0.1) is 13.8 Å². The van der Waals surface area contributed by atoms with Crippen molar-refractivity contribution in [3.05, 3.63) is 40.4 Å². The number of nitrogens with zero attached hydrogens (tertiary/aromatic N) is 2. The van der Waals surface area contributed by atoms with Gasteiger partial charge < -0.3 is 5.32 Å². The highest BCUT2D eigenvalue weighted by molar-refractivity contribution is 8.01. The van der Waals surface area contributed by atoms with Crippen molar-refractivity contribution in [1.82, 2.24) is 15.5 Å². The van der Waals surface area contributed by atoms with E-state index in [1.807, 2.05) is 0 Å². The fourth-order valence-corrected chi connectivity index (χ4v) is 3.56. The minimum Gasteiger partial charge on any atom is -0.309 e. The molecule has 0 bridgehead atoms. The van der Waals surface area contributed by atoms with Crippen LogP contribution < -0.4 is 5.32 Å². The number of thioether (sulfide) groups is 1. The van der Waals surface area contributed by atoms with Gasteiger partial charge in [0.25, 0.3) is 0 Å². The number of rotatable bonds is 7. The SMILES string of the molecule is CCCNC(CSc1nncs1)c1ccc(C)c(C)c1. The summed E-state index contributed by atoms with van der Waals surface area (Å²) in [7, 11) is 0. The third kappa shape index (κ3) is 4.30. The molecule has 0 amide bonds. The van der Waals surface area contributed by atoms with Gasteiger partial charge in [-0.25, -0.2) is 0 Å². The summed E-state index contributed by atoms with van der Waals surface area (Å²) < 4.78 is 1.04. The van der Waals surface area contributed by atoms with Crippen molar-refractivity contribution in [1.29, 1.82) is 0 Å². The molecule has 2 rings (SSSR count). The van der Waals surface area contributed by atoms with Gasteiger partial charge in [-0.2, -0.15) is 0 Å². The first-order chi connectivity index (χ1) is 9.70. The summed E-state index contributed by atoms with van der Waals surface area (Å²) in [5.41, 5.74) is 5.84. The van der Waals surface area contributed by atoms with Crippen molar-refractivity contribution in [3.8, 4) is 0 Å². The Morgan fingerprint density at radius 1 is 1.30 bits per heavy atom. The minimum atomic E-state index is 0.364. The molecule has 1 N–H and O–H groups in total. The maximum Gasteiger partial charge on any atom is 0.174 e. The van der Waals surface area contributed by atoms with Gasteiger partial charge in [-0.3, -0.25) is 0 Å². The van der Waals surface area contributed by atoms with Gasteiger partial charge in [0.15, 0.2) is 4.34 Å². The van der Waals surface area contributed by atoms with E-state index in [-0.39, 0.29) is 0 Å². The molecular weight excluding hydrogens is 286 g/mol. The van der Waals surface area contributed by atoms with Crippen LogP contribution in [0.1, 0.15) is 36.1 Å². The van der Waals surface area contributed by atoms with Crippen molar-refractivity contribution in [2.24, 2.45) is 0 Å². The molecule has 0 fully saturated rings. The molecule has 5 heteroatoms. The van der Waals surface area contributed by atoms with E-state index in [0.29, 0.717) is 6.04 Å². The van der Waals surface area contributed by atoms with Gasteiger partial charge in [0.1, 0.15) is 5.51 Å². The molecule has 2 aromatic rings. The predicted molar refractivity (Wildman–Crippen MR) is 87.6 cm³/mol. The first kappa shape index (κ1) is 15.5. The summed E-state index contributed by atoms with van der Waals surface area (Å²) in [5.74, 6) is 0.984. The topological polar surface area (TPSA) is 37.8 Å². The van der Waals surface area contributed by atoms with Crippen LogP contribution in [0.4, 0.5) is 0 Å². The molecule has 1 heterocycles. The summed E-state index contributed by atoms with van der Waals surface area (Å²) in [6, 6.07) is 7.10. The lowest BCUT2D eigenvalue weighted by atomic mass is 10.0. The van der Waals surface area contributed by atoms with Gasteiger partial charge in [-0.1, -0.05) is 48.2 Å². The molecule has 0 aliphatic rings. The van der Waals surface area contributed by atoms with Crippen LogP contribution in [0.5, 0.6) is 0 Å². The van der Waals surface area contributed by atoms with Crippen LogP contribution in [0.3, 0.4) is 0 Å². The van der Waals surface area contributed by atoms with Crippen LogP contribution in [0.2, 0.25) is 0 Å². The van der Waals surface area contributed by atoms with Gasteiger partial charge in [-0.05, 0) is 43.5 Å². The lowest BCUT2D eigenvalue weighted by Crippen LogP contribution is -2.24. The molecule has 20 heavy (non-hydrogen) atoms. The highest BCUT2D eigenvalue weighted by atomic mass is 32.2. The maximum absolute atomic E-state index is 4.10. The number of benzene rings is 1. The van der Waals surface area contributed by atoms with Crippen molar-refractivity contribution < 1.29 is 0 Å². The van der Waals surface area contributed by atoms with Crippen LogP contribution in [-0.2, 0) is 0 Å². The molecule has 0 spiro atoms. The number of hydrogen-bond acceptors (Lipinski definition) is 5. The largest absolute Gasteiger partial charge is 0.309 e.